The topological polar surface area (TPSA) is 17.8 Å². The highest BCUT2D eigenvalue weighted by Gasteiger charge is 2.04. The Kier molecular flexibility index (Phi) is 3.93. The third-order valence-corrected chi connectivity index (χ3v) is 2.20. The lowest BCUT2D eigenvalue weighted by molar-refractivity contribution is 0.524. The number of aromatic nitrogens is 2. The van der Waals surface area contributed by atoms with Crippen molar-refractivity contribution in [1.29, 1.82) is 0 Å². The van der Waals surface area contributed by atoms with E-state index in [1.165, 1.54) is 19.3 Å². The van der Waals surface area contributed by atoms with Gasteiger partial charge in [-0.15, -0.1) is 0 Å². The van der Waals surface area contributed by atoms with Gasteiger partial charge in [-0.25, -0.2) is 4.39 Å². The van der Waals surface area contributed by atoms with Crippen LogP contribution in [0.25, 0.3) is 0 Å². The van der Waals surface area contributed by atoms with E-state index in [1.54, 1.807) is 11.6 Å². The zero-order chi connectivity index (χ0) is 9.68. The normalized spacial score (nSPS) is 10.7. The van der Waals surface area contributed by atoms with E-state index < -0.39 is 0 Å². The minimum absolute atomic E-state index is 0.324. The van der Waals surface area contributed by atoms with Gasteiger partial charge >= 0.3 is 0 Å². The van der Waals surface area contributed by atoms with Gasteiger partial charge in [0.05, 0.1) is 5.69 Å². The molecular weight excluding hydrogens is 167 g/mol. The first-order valence-corrected chi connectivity index (χ1v) is 4.86. The van der Waals surface area contributed by atoms with E-state index in [9.17, 15) is 4.39 Å². The fourth-order valence-corrected chi connectivity index (χ4v) is 1.28. The monoisotopic (exact) mass is 183 g/mol. The highest BCUT2D eigenvalue weighted by atomic mass is 19.1. The average molecular weight is 183 g/mol. The Morgan fingerprint density at radius 1 is 1.38 bits per heavy atom. The molecule has 0 aromatic carbocycles. The highest BCUT2D eigenvalue weighted by Crippen LogP contribution is 2.06. The molecule has 0 saturated heterocycles. The van der Waals surface area contributed by atoms with Crippen LogP contribution < -0.4 is 0 Å². The van der Waals surface area contributed by atoms with Gasteiger partial charge < -0.3 is 0 Å². The number of hydrogen-bond donors (Lipinski definition) is 0. The van der Waals surface area contributed by atoms with Crippen molar-refractivity contribution < 1.29 is 4.39 Å². The fraction of sp³-hybridized carbons (Fsp3) is 0.700. The first-order chi connectivity index (χ1) is 6.25. The number of unbranched alkanes of at least 4 members (excludes halogenated alkanes) is 3. The lowest BCUT2D eigenvalue weighted by Gasteiger charge is -2.02. The molecule has 1 radical (unpaired) electrons. The van der Waals surface area contributed by atoms with Crippen LogP contribution in [0.5, 0.6) is 0 Å². The summed E-state index contributed by atoms with van der Waals surface area (Å²) in [6, 6.07) is 0. The molecule has 0 amide bonds. The molecule has 1 heterocycles. The molecule has 1 aromatic heterocycles. The van der Waals surface area contributed by atoms with E-state index in [0.29, 0.717) is 5.69 Å². The van der Waals surface area contributed by atoms with Gasteiger partial charge in [0.15, 0.2) is 12.0 Å². The summed E-state index contributed by atoms with van der Waals surface area (Å²) in [6.45, 7) is 4.72. The van der Waals surface area contributed by atoms with Crippen LogP contribution in [0.2, 0.25) is 0 Å². The van der Waals surface area contributed by atoms with Crippen LogP contribution in [0.15, 0.2) is 0 Å². The molecule has 0 aliphatic heterocycles. The molecule has 1 rings (SSSR count). The summed E-state index contributed by atoms with van der Waals surface area (Å²) in [5, 5.41) is 3.83. The number of rotatable bonds is 5. The van der Waals surface area contributed by atoms with Crippen LogP contribution in [0, 0.1) is 18.9 Å². The molecule has 0 fully saturated rings. The molecule has 0 aliphatic carbocycles. The Morgan fingerprint density at radius 2 is 2.15 bits per heavy atom. The molecule has 0 atom stereocenters. The summed E-state index contributed by atoms with van der Waals surface area (Å²) in [6.07, 6.45) is 7.05. The molecule has 1 aromatic rings. The Bertz CT molecular complexity index is 255. The molecule has 0 aliphatic rings. The van der Waals surface area contributed by atoms with Gasteiger partial charge in [-0.2, -0.15) is 5.10 Å². The predicted octanol–water partition coefficient (Wildman–Crippen LogP) is 2.71. The molecule has 73 valence electrons. The van der Waals surface area contributed by atoms with Gasteiger partial charge in [0, 0.05) is 6.54 Å². The van der Waals surface area contributed by atoms with E-state index in [4.69, 9.17) is 0 Å². The van der Waals surface area contributed by atoms with Gasteiger partial charge in [0.1, 0.15) is 0 Å². The zero-order valence-corrected chi connectivity index (χ0v) is 8.31. The van der Waals surface area contributed by atoms with Gasteiger partial charge in [0.2, 0.25) is 0 Å². The van der Waals surface area contributed by atoms with Gasteiger partial charge in [-0.1, -0.05) is 26.2 Å². The molecule has 0 saturated carbocycles. The fourth-order valence-electron chi connectivity index (χ4n) is 1.28. The van der Waals surface area contributed by atoms with Crippen molar-refractivity contribution in [3.8, 4) is 0 Å². The number of nitrogens with zero attached hydrogens (tertiary/aromatic N) is 2. The number of aryl methyl sites for hydroxylation is 1. The predicted molar refractivity (Wildman–Crippen MR) is 49.9 cm³/mol. The summed E-state index contributed by atoms with van der Waals surface area (Å²) in [7, 11) is 0. The van der Waals surface area contributed by atoms with Crippen LogP contribution in [0.4, 0.5) is 4.39 Å². The molecule has 0 bridgehead atoms. The third kappa shape index (κ3) is 2.83. The minimum Gasteiger partial charge on any atom is -0.266 e. The number of hydrogen-bond acceptors (Lipinski definition) is 1. The Balaban J connectivity index is 2.32. The van der Waals surface area contributed by atoms with Crippen molar-refractivity contribution >= 4 is 0 Å². The highest BCUT2D eigenvalue weighted by molar-refractivity contribution is 4.99. The van der Waals surface area contributed by atoms with E-state index in [-0.39, 0.29) is 5.82 Å². The first-order valence-electron chi connectivity index (χ1n) is 4.86. The number of halogens is 1. The molecular formula is C10H16FN2. The van der Waals surface area contributed by atoms with Crippen molar-refractivity contribution in [2.45, 2.75) is 46.1 Å². The SMILES string of the molecule is CCCCCCn1n[c]c(F)c1C. The maximum atomic E-state index is 12.8. The van der Waals surface area contributed by atoms with Crippen LogP contribution in [-0.2, 0) is 6.54 Å². The molecule has 0 unspecified atom stereocenters. The molecule has 0 N–H and O–H groups in total. The third-order valence-electron chi connectivity index (χ3n) is 2.20. The maximum absolute atomic E-state index is 12.8. The van der Waals surface area contributed by atoms with Gasteiger partial charge in [0.25, 0.3) is 0 Å². The Labute approximate surface area is 78.8 Å². The van der Waals surface area contributed by atoms with E-state index in [1.807, 2.05) is 0 Å². The quantitative estimate of drug-likeness (QED) is 0.642. The van der Waals surface area contributed by atoms with Crippen molar-refractivity contribution in [1.82, 2.24) is 9.78 Å². The van der Waals surface area contributed by atoms with Crippen LogP contribution in [-0.4, -0.2) is 9.78 Å². The first kappa shape index (κ1) is 10.2. The maximum Gasteiger partial charge on any atom is 0.173 e. The van der Waals surface area contributed by atoms with Gasteiger partial charge in [-0.3, -0.25) is 4.68 Å². The van der Waals surface area contributed by atoms with E-state index in [2.05, 4.69) is 18.2 Å². The summed E-state index contributed by atoms with van der Waals surface area (Å²) in [5.74, 6) is -0.324. The van der Waals surface area contributed by atoms with Crippen molar-refractivity contribution in [3.05, 3.63) is 17.7 Å². The standard InChI is InChI=1S/C10H16FN2/c1-3-4-5-6-7-13-9(2)10(11)8-12-13/h3-7H2,1-2H3. The minimum atomic E-state index is -0.324. The second-order valence-electron chi connectivity index (χ2n) is 3.29. The smallest absolute Gasteiger partial charge is 0.173 e. The molecule has 0 spiro atoms. The summed E-state index contributed by atoms with van der Waals surface area (Å²) in [5.41, 5.74) is 0.594. The van der Waals surface area contributed by atoms with Crippen molar-refractivity contribution in [3.63, 3.8) is 0 Å². The summed E-state index contributed by atoms with van der Waals surface area (Å²) < 4.78 is 14.5. The molecule has 3 heteroatoms. The lowest BCUT2D eigenvalue weighted by atomic mass is 10.2. The van der Waals surface area contributed by atoms with Crippen LogP contribution in [0.1, 0.15) is 38.3 Å². The zero-order valence-electron chi connectivity index (χ0n) is 8.31. The van der Waals surface area contributed by atoms with E-state index in [0.717, 1.165) is 13.0 Å². The Morgan fingerprint density at radius 3 is 2.69 bits per heavy atom. The second-order valence-corrected chi connectivity index (χ2v) is 3.29. The molecule has 2 nitrogen and oxygen atoms in total. The average Bonchev–Trinajstić information content (AvgIpc) is 2.43. The summed E-state index contributed by atoms with van der Waals surface area (Å²) in [4.78, 5) is 0. The summed E-state index contributed by atoms with van der Waals surface area (Å²) >= 11 is 0. The largest absolute Gasteiger partial charge is 0.266 e. The van der Waals surface area contributed by atoms with Gasteiger partial charge in [-0.05, 0) is 13.3 Å². The van der Waals surface area contributed by atoms with Crippen molar-refractivity contribution in [2.75, 3.05) is 0 Å². The van der Waals surface area contributed by atoms with Crippen LogP contribution in [0.3, 0.4) is 0 Å². The Hall–Kier alpha value is -0.860. The second kappa shape index (κ2) is 5.00. The van der Waals surface area contributed by atoms with E-state index >= 15 is 0 Å². The lowest BCUT2D eigenvalue weighted by Crippen LogP contribution is -2.02. The van der Waals surface area contributed by atoms with Crippen molar-refractivity contribution in [2.24, 2.45) is 0 Å². The van der Waals surface area contributed by atoms with Crippen LogP contribution >= 0.6 is 0 Å². The molecule has 13 heavy (non-hydrogen) atoms.